The predicted molar refractivity (Wildman–Crippen MR) is 129 cm³/mol. The van der Waals surface area contributed by atoms with Crippen LogP contribution in [0.4, 0.5) is 4.79 Å². The Kier molecular flexibility index (Phi) is 9.39. The molecule has 1 aliphatic rings. The number of primary amides is 1. The molecule has 1 aliphatic heterocycles. The van der Waals surface area contributed by atoms with Crippen LogP contribution in [0.5, 0.6) is 0 Å². The van der Waals surface area contributed by atoms with Crippen molar-refractivity contribution in [2.24, 2.45) is 17.6 Å². The van der Waals surface area contributed by atoms with Crippen LogP contribution in [-0.4, -0.2) is 63.8 Å². The van der Waals surface area contributed by atoms with E-state index in [1.54, 1.807) is 13.8 Å². The highest BCUT2D eigenvalue weighted by Crippen LogP contribution is 2.27. The maximum Gasteiger partial charge on any atom is 0.408 e. The zero-order chi connectivity index (χ0) is 26.3. The van der Waals surface area contributed by atoms with Gasteiger partial charge in [-0.2, -0.15) is 0 Å². The van der Waals surface area contributed by atoms with Crippen LogP contribution in [0.3, 0.4) is 0 Å². The van der Waals surface area contributed by atoms with Crippen LogP contribution in [0.2, 0.25) is 0 Å². The Hall–Kier alpha value is -3.43. The molecule has 0 aromatic heterocycles. The number of rotatable bonds is 12. The summed E-state index contributed by atoms with van der Waals surface area (Å²) in [6.07, 6.45) is -0.363. The van der Waals surface area contributed by atoms with Crippen molar-refractivity contribution in [2.45, 2.75) is 71.0 Å². The fourth-order valence-electron chi connectivity index (χ4n) is 4.60. The molecular weight excluding hydrogens is 452 g/mol. The van der Waals surface area contributed by atoms with Gasteiger partial charge in [-0.1, -0.05) is 44.2 Å². The van der Waals surface area contributed by atoms with Crippen molar-refractivity contribution in [3.63, 3.8) is 0 Å². The molecule has 0 aliphatic carbocycles. The molecule has 1 aromatic rings. The molecule has 4 amide bonds. The summed E-state index contributed by atoms with van der Waals surface area (Å²) in [5, 5.41) is 15.4. The second-order valence-corrected chi connectivity index (χ2v) is 10.1. The summed E-state index contributed by atoms with van der Waals surface area (Å²) in [4.78, 5) is 63.3. The second kappa shape index (κ2) is 11.8. The van der Waals surface area contributed by atoms with Gasteiger partial charge in [0, 0.05) is 18.0 Å². The van der Waals surface area contributed by atoms with Crippen molar-refractivity contribution in [2.75, 3.05) is 6.54 Å². The number of nitrogens with two attached hydrogens (primary N) is 1. The Morgan fingerprint density at radius 1 is 1.20 bits per heavy atom. The maximum absolute atomic E-state index is 13.5. The topological polar surface area (TPSA) is 159 Å². The van der Waals surface area contributed by atoms with Gasteiger partial charge in [-0.25, -0.2) is 4.79 Å². The normalized spacial score (nSPS) is 17.4. The first-order chi connectivity index (χ1) is 16.3. The van der Waals surface area contributed by atoms with E-state index in [0.29, 0.717) is 19.4 Å². The lowest BCUT2D eigenvalue weighted by atomic mass is 9.89. The maximum atomic E-state index is 13.5. The molecule has 0 saturated carbocycles. The average Bonchev–Trinajstić information content (AvgIpc) is 3.16. The van der Waals surface area contributed by atoms with Gasteiger partial charge >= 0.3 is 6.09 Å². The number of amides is 4. The fourth-order valence-corrected chi connectivity index (χ4v) is 4.60. The highest BCUT2D eigenvalue weighted by molar-refractivity contribution is 6.37. The summed E-state index contributed by atoms with van der Waals surface area (Å²) in [5.74, 6) is -3.83. The van der Waals surface area contributed by atoms with E-state index < -0.39 is 47.2 Å². The highest BCUT2D eigenvalue weighted by atomic mass is 16.4. The van der Waals surface area contributed by atoms with Crippen molar-refractivity contribution in [3.8, 4) is 0 Å². The predicted octanol–water partition coefficient (Wildman–Crippen LogP) is 1.47. The molecular formula is C25H36N4O6. The Morgan fingerprint density at radius 2 is 1.83 bits per heavy atom. The molecule has 1 heterocycles. The van der Waals surface area contributed by atoms with Gasteiger partial charge in [0.2, 0.25) is 17.6 Å². The van der Waals surface area contributed by atoms with Crippen LogP contribution >= 0.6 is 0 Å². The highest BCUT2D eigenvalue weighted by Gasteiger charge is 2.42. The van der Waals surface area contributed by atoms with E-state index in [1.807, 2.05) is 44.2 Å². The third-order valence-corrected chi connectivity index (χ3v) is 6.21. The Labute approximate surface area is 205 Å². The average molecular weight is 489 g/mol. The molecule has 0 spiro atoms. The molecule has 1 saturated heterocycles. The number of hydrogen-bond donors (Lipinski definition) is 4. The molecule has 0 bridgehead atoms. The molecule has 0 radical (unpaired) electrons. The Balaban J connectivity index is 2.35. The number of hydrogen-bond acceptors (Lipinski definition) is 5. The lowest BCUT2D eigenvalue weighted by molar-refractivity contribution is -0.140. The van der Waals surface area contributed by atoms with E-state index in [4.69, 9.17) is 5.73 Å². The number of Topliss-reactive ketones (excluding diaryl/α,β-unsaturated/α-hetero) is 1. The summed E-state index contributed by atoms with van der Waals surface area (Å²) in [5.41, 5.74) is 5.13. The number of carbonyl (C=O) groups is 5. The Morgan fingerprint density at radius 3 is 2.31 bits per heavy atom. The van der Waals surface area contributed by atoms with Crippen LogP contribution in [0.25, 0.3) is 0 Å². The molecule has 35 heavy (non-hydrogen) atoms. The van der Waals surface area contributed by atoms with Gasteiger partial charge in [0.15, 0.2) is 0 Å². The van der Waals surface area contributed by atoms with Gasteiger partial charge in [-0.05, 0) is 51.0 Å². The molecule has 3 atom stereocenters. The molecule has 10 nitrogen and oxygen atoms in total. The van der Waals surface area contributed by atoms with Crippen LogP contribution in [0.1, 0.15) is 52.5 Å². The van der Waals surface area contributed by atoms with Crippen LogP contribution in [0, 0.1) is 11.8 Å². The minimum Gasteiger partial charge on any atom is -0.465 e. The quantitative estimate of drug-likeness (QED) is 0.326. The minimum absolute atomic E-state index is 0.0500. The summed E-state index contributed by atoms with van der Waals surface area (Å²) in [6.45, 7) is 7.64. The van der Waals surface area contributed by atoms with Crippen molar-refractivity contribution in [1.29, 1.82) is 0 Å². The van der Waals surface area contributed by atoms with Gasteiger partial charge in [0.1, 0.15) is 6.04 Å². The summed E-state index contributed by atoms with van der Waals surface area (Å²) >= 11 is 0. The standard InChI is InChI=1S/C25H36N4O6/c1-15(2)12-19(29(24(34)35)25(3,4)14-16-8-6-5-7-9-16)23(33)28-18(20(30)21(26)31)13-17-10-11-27-22(17)32/h5-9,15,17-19H,10-14H2,1-4H3,(H2,26,31)(H,27,32)(H,28,33)(H,34,35)/t17-,18?,19?/m0/s1. The zero-order valence-corrected chi connectivity index (χ0v) is 20.7. The molecule has 10 heteroatoms. The third kappa shape index (κ3) is 7.53. The van der Waals surface area contributed by atoms with Crippen molar-refractivity contribution in [1.82, 2.24) is 15.5 Å². The third-order valence-electron chi connectivity index (χ3n) is 6.21. The molecule has 1 fully saturated rings. The number of carboxylic acid groups (broad SMARTS) is 1. The number of benzene rings is 1. The van der Waals surface area contributed by atoms with E-state index >= 15 is 0 Å². The molecule has 2 rings (SSSR count). The van der Waals surface area contributed by atoms with Gasteiger partial charge in [0.25, 0.3) is 5.91 Å². The van der Waals surface area contributed by atoms with Crippen molar-refractivity contribution < 1.29 is 29.1 Å². The lowest BCUT2D eigenvalue weighted by Crippen LogP contribution is -2.61. The van der Waals surface area contributed by atoms with E-state index in [9.17, 15) is 29.1 Å². The number of carbonyl (C=O) groups excluding carboxylic acids is 4. The summed E-state index contributed by atoms with van der Waals surface area (Å²) < 4.78 is 0. The van der Waals surface area contributed by atoms with E-state index in [0.717, 1.165) is 10.5 Å². The molecule has 1 aromatic carbocycles. The van der Waals surface area contributed by atoms with Crippen LogP contribution in [0.15, 0.2) is 30.3 Å². The first kappa shape index (κ1) is 27.8. The van der Waals surface area contributed by atoms with E-state index in [1.165, 1.54) is 0 Å². The monoisotopic (exact) mass is 488 g/mol. The second-order valence-electron chi connectivity index (χ2n) is 10.1. The number of ketones is 1. The number of nitrogens with zero attached hydrogens (tertiary/aromatic N) is 1. The van der Waals surface area contributed by atoms with Crippen molar-refractivity contribution in [3.05, 3.63) is 35.9 Å². The minimum atomic E-state index is -1.32. The van der Waals surface area contributed by atoms with Gasteiger partial charge in [-0.15, -0.1) is 0 Å². The smallest absolute Gasteiger partial charge is 0.408 e. The number of nitrogens with one attached hydrogen (secondary N) is 2. The SMILES string of the molecule is CC(C)CC(C(=O)NC(C[C@@H]1CCNC1=O)C(=O)C(N)=O)N(C(=O)O)C(C)(C)Cc1ccccc1. The largest absolute Gasteiger partial charge is 0.465 e. The first-order valence-corrected chi connectivity index (χ1v) is 11.8. The van der Waals surface area contributed by atoms with Gasteiger partial charge < -0.3 is 21.5 Å². The van der Waals surface area contributed by atoms with E-state index in [-0.39, 0.29) is 24.7 Å². The zero-order valence-electron chi connectivity index (χ0n) is 20.7. The Bertz CT molecular complexity index is 947. The molecule has 2 unspecified atom stereocenters. The molecule has 192 valence electrons. The van der Waals surface area contributed by atoms with Gasteiger partial charge in [0.05, 0.1) is 6.04 Å². The van der Waals surface area contributed by atoms with Gasteiger partial charge in [-0.3, -0.25) is 24.1 Å². The van der Waals surface area contributed by atoms with E-state index in [2.05, 4.69) is 10.6 Å². The fraction of sp³-hybridized carbons (Fsp3) is 0.560. The molecule has 5 N–H and O–H groups in total. The van der Waals surface area contributed by atoms with Crippen molar-refractivity contribution >= 4 is 29.6 Å². The first-order valence-electron chi connectivity index (χ1n) is 11.8. The van der Waals surface area contributed by atoms with Crippen LogP contribution in [-0.2, 0) is 25.6 Å². The van der Waals surface area contributed by atoms with Crippen LogP contribution < -0.4 is 16.4 Å². The summed E-state index contributed by atoms with van der Waals surface area (Å²) in [6, 6.07) is 6.88. The lowest BCUT2D eigenvalue weighted by Gasteiger charge is -2.42. The summed E-state index contributed by atoms with van der Waals surface area (Å²) in [7, 11) is 0.